The zero-order valence-electron chi connectivity index (χ0n) is 18.7. The molecule has 4 nitrogen and oxygen atoms in total. The Morgan fingerprint density at radius 1 is 1.00 bits per heavy atom. The molecule has 1 fully saturated rings. The van der Waals surface area contributed by atoms with Crippen LogP contribution in [0.1, 0.15) is 59.7 Å². The van der Waals surface area contributed by atoms with Crippen molar-refractivity contribution >= 4 is 0 Å². The molecule has 1 saturated heterocycles. The topological polar surface area (TPSA) is 34.6 Å². The molecule has 1 aliphatic carbocycles. The monoisotopic (exact) mass is 426 g/mol. The van der Waals surface area contributed by atoms with Gasteiger partial charge in [0.2, 0.25) is 0 Å². The number of nitrogens with zero attached hydrogens (tertiary/aromatic N) is 2. The first-order chi connectivity index (χ1) is 15.8. The molecule has 1 aromatic heterocycles. The van der Waals surface area contributed by atoms with E-state index in [0.29, 0.717) is 12.0 Å². The summed E-state index contributed by atoms with van der Waals surface area (Å²) in [5.41, 5.74) is 7.01. The molecule has 3 aliphatic rings. The van der Waals surface area contributed by atoms with Gasteiger partial charge >= 0.3 is 0 Å². The average molecular weight is 427 g/mol. The first-order valence-electron chi connectivity index (χ1n) is 11.8. The van der Waals surface area contributed by atoms with Crippen LogP contribution in [0, 0.1) is 0 Å². The van der Waals surface area contributed by atoms with Gasteiger partial charge < -0.3 is 9.47 Å². The second-order valence-electron chi connectivity index (χ2n) is 9.46. The average Bonchev–Trinajstić information content (AvgIpc) is 3.01. The van der Waals surface area contributed by atoms with Crippen LogP contribution in [0.5, 0.6) is 11.5 Å². The van der Waals surface area contributed by atoms with Gasteiger partial charge in [-0.1, -0.05) is 30.3 Å². The van der Waals surface area contributed by atoms with Gasteiger partial charge in [-0.05, 0) is 91.6 Å². The van der Waals surface area contributed by atoms with Crippen molar-refractivity contribution in [1.29, 1.82) is 0 Å². The second kappa shape index (κ2) is 7.93. The van der Waals surface area contributed by atoms with E-state index in [2.05, 4.69) is 58.4 Å². The Labute approximate surface area is 190 Å². The van der Waals surface area contributed by atoms with Gasteiger partial charge in [-0.2, -0.15) is 0 Å². The highest BCUT2D eigenvalue weighted by Crippen LogP contribution is 2.48. The Balaban J connectivity index is 1.37. The molecule has 1 spiro atoms. The number of hydrogen-bond acceptors (Lipinski definition) is 4. The van der Waals surface area contributed by atoms with Crippen LogP contribution in [-0.2, 0) is 18.4 Å². The first kappa shape index (κ1) is 19.8. The third-order valence-corrected chi connectivity index (χ3v) is 7.91. The lowest BCUT2D eigenvalue weighted by Crippen LogP contribution is -2.45. The van der Waals surface area contributed by atoms with Crippen LogP contribution in [0.15, 0.2) is 60.8 Å². The summed E-state index contributed by atoms with van der Waals surface area (Å²) in [6.07, 6.45) is 8.13. The highest BCUT2D eigenvalue weighted by molar-refractivity contribution is 5.49. The van der Waals surface area contributed by atoms with E-state index in [9.17, 15) is 0 Å². The number of hydrogen-bond donors (Lipinski definition) is 0. The molecular weight excluding hydrogens is 396 g/mol. The molecule has 0 bridgehead atoms. The Morgan fingerprint density at radius 3 is 2.75 bits per heavy atom. The number of methoxy groups -OCH3 is 1. The van der Waals surface area contributed by atoms with E-state index in [-0.39, 0.29) is 6.04 Å². The Kier molecular flexibility index (Phi) is 4.91. The maximum atomic E-state index is 6.21. The van der Waals surface area contributed by atoms with E-state index >= 15 is 0 Å². The summed E-state index contributed by atoms with van der Waals surface area (Å²) in [6, 6.07) is 19.8. The fourth-order valence-electron chi connectivity index (χ4n) is 6.26. The molecule has 164 valence electrons. The largest absolute Gasteiger partial charge is 0.497 e. The molecule has 1 atom stereocenters. The van der Waals surface area contributed by atoms with Crippen molar-refractivity contribution in [3.8, 4) is 11.5 Å². The predicted molar refractivity (Wildman–Crippen MR) is 125 cm³/mol. The van der Waals surface area contributed by atoms with Crippen molar-refractivity contribution in [3.63, 3.8) is 0 Å². The standard InChI is InChI=1S/C28H30N2O2/c1-31-21-10-11-26-23(18-21)27(22-8-5-15-29-25(22)19-32-26)30-16-13-28(14-17-30)12-4-7-20-6-2-3-9-24(20)28/h2-3,5-6,8-11,15,18,27H,4,7,12-14,16-17,19H2,1H3. The van der Waals surface area contributed by atoms with Crippen LogP contribution in [0.25, 0.3) is 0 Å². The normalized spacial score (nSPS) is 21.6. The van der Waals surface area contributed by atoms with Crippen LogP contribution < -0.4 is 9.47 Å². The summed E-state index contributed by atoms with van der Waals surface area (Å²) in [5.74, 6) is 1.82. The van der Waals surface area contributed by atoms with Gasteiger partial charge in [0.1, 0.15) is 18.1 Å². The third-order valence-electron chi connectivity index (χ3n) is 7.91. The molecule has 3 heterocycles. The minimum absolute atomic E-state index is 0.141. The summed E-state index contributed by atoms with van der Waals surface area (Å²) >= 11 is 0. The van der Waals surface area contributed by atoms with Crippen molar-refractivity contribution in [2.24, 2.45) is 0 Å². The molecule has 0 radical (unpaired) electrons. The van der Waals surface area contributed by atoms with Crippen molar-refractivity contribution in [1.82, 2.24) is 9.88 Å². The van der Waals surface area contributed by atoms with Crippen LogP contribution in [0.2, 0.25) is 0 Å². The molecule has 0 N–H and O–H groups in total. The summed E-state index contributed by atoms with van der Waals surface area (Å²) in [5, 5.41) is 0. The lowest BCUT2D eigenvalue weighted by atomic mass is 9.64. The number of pyridine rings is 1. The number of piperidine rings is 1. The number of fused-ring (bicyclic) bond motifs is 4. The number of likely N-dealkylation sites (tertiary alicyclic amines) is 1. The van der Waals surface area contributed by atoms with Crippen LogP contribution in [0.4, 0.5) is 0 Å². The lowest BCUT2D eigenvalue weighted by molar-refractivity contribution is 0.119. The van der Waals surface area contributed by atoms with Crippen molar-refractivity contribution < 1.29 is 9.47 Å². The molecule has 0 amide bonds. The molecule has 1 unspecified atom stereocenters. The molecule has 2 aliphatic heterocycles. The zero-order valence-corrected chi connectivity index (χ0v) is 18.7. The minimum atomic E-state index is 0.141. The van der Waals surface area contributed by atoms with E-state index in [1.54, 1.807) is 18.2 Å². The summed E-state index contributed by atoms with van der Waals surface area (Å²) < 4.78 is 11.8. The van der Waals surface area contributed by atoms with Crippen LogP contribution in [0.3, 0.4) is 0 Å². The summed E-state index contributed by atoms with van der Waals surface area (Å²) in [6.45, 7) is 2.66. The van der Waals surface area contributed by atoms with Gasteiger partial charge in [-0.15, -0.1) is 0 Å². The smallest absolute Gasteiger partial charge is 0.131 e. The molecule has 6 rings (SSSR count). The zero-order chi connectivity index (χ0) is 21.5. The van der Waals surface area contributed by atoms with Crippen LogP contribution >= 0.6 is 0 Å². The molecule has 0 saturated carbocycles. The highest BCUT2D eigenvalue weighted by atomic mass is 16.5. The van der Waals surface area contributed by atoms with E-state index in [1.807, 2.05) is 12.3 Å². The van der Waals surface area contributed by atoms with E-state index < -0.39 is 0 Å². The molecule has 4 heteroatoms. The Bertz CT molecular complexity index is 1130. The van der Waals surface area contributed by atoms with Crippen LogP contribution in [-0.4, -0.2) is 30.1 Å². The quantitative estimate of drug-likeness (QED) is 0.546. The first-order valence-corrected chi connectivity index (χ1v) is 11.8. The van der Waals surface area contributed by atoms with E-state index in [0.717, 1.165) is 30.3 Å². The molecule has 3 aromatic rings. The van der Waals surface area contributed by atoms with Gasteiger partial charge in [-0.25, -0.2) is 0 Å². The van der Waals surface area contributed by atoms with Gasteiger partial charge in [-0.3, -0.25) is 9.88 Å². The fraction of sp³-hybridized carbons (Fsp3) is 0.393. The maximum absolute atomic E-state index is 6.21. The SMILES string of the molecule is COc1ccc2c(c1)C(N1CCC3(CCCc4ccccc43)CC1)c1cccnc1CO2. The van der Waals surface area contributed by atoms with Crippen molar-refractivity contribution in [2.45, 2.75) is 50.2 Å². The van der Waals surface area contributed by atoms with Crippen molar-refractivity contribution in [2.75, 3.05) is 20.2 Å². The maximum Gasteiger partial charge on any atom is 0.131 e. The number of benzene rings is 2. The van der Waals surface area contributed by atoms with Gasteiger partial charge in [0.25, 0.3) is 0 Å². The van der Waals surface area contributed by atoms with E-state index in [1.165, 1.54) is 43.2 Å². The predicted octanol–water partition coefficient (Wildman–Crippen LogP) is 5.44. The second-order valence-corrected chi connectivity index (χ2v) is 9.46. The summed E-state index contributed by atoms with van der Waals surface area (Å²) in [7, 11) is 1.73. The molecular formula is C28H30N2O2. The number of aryl methyl sites for hydroxylation is 1. The minimum Gasteiger partial charge on any atom is -0.497 e. The fourth-order valence-corrected chi connectivity index (χ4v) is 6.26. The van der Waals surface area contributed by atoms with Gasteiger partial charge in [0.05, 0.1) is 18.8 Å². The highest BCUT2D eigenvalue weighted by Gasteiger charge is 2.42. The van der Waals surface area contributed by atoms with Gasteiger partial charge in [0, 0.05) is 11.8 Å². The van der Waals surface area contributed by atoms with Crippen molar-refractivity contribution in [3.05, 3.63) is 88.7 Å². The molecule has 2 aromatic carbocycles. The molecule has 32 heavy (non-hydrogen) atoms. The Morgan fingerprint density at radius 2 is 1.88 bits per heavy atom. The number of aromatic nitrogens is 1. The number of rotatable bonds is 2. The Hall–Kier alpha value is -2.85. The lowest BCUT2D eigenvalue weighted by Gasteiger charge is -2.47. The third kappa shape index (κ3) is 3.20. The number of ether oxygens (including phenoxy) is 2. The van der Waals surface area contributed by atoms with Gasteiger partial charge in [0.15, 0.2) is 0 Å². The van der Waals surface area contributed by atoms with E-state index in [4.69, 9.17) is 9.47 Å². The summed E-state index contributed by atoms with van der Waals surface area (Å²) in [4.78, 5) is 7.33.